The van der Waals surface area contributed by atoms with Crippen molar-refractivity contribution in [2.75, 3.05) is 0 Å². The van der Waals surface area contributed by atoms with Crippen LogP contribution in [-0.2, 0) is 6.54 Å². The highest BCUT2D eigenvalue weighted by Gasteiger charge is 2.50. The van der Waals surface area contributed by atoms with Gasteiger partial charge in [-0.25, -0.2) is 0 Å². The van der Waals surface area contributed by atoms with Crippen LogP contribution in [0.4, 0.5) is 0 Å². The van der Waals surface area contributed by atoms with Gasteiger partial charge in [-0.05, 0) is 89.8 Å². The van der Waals surface area contributed by atoms with E-state index in [1.54, 1.807) is 11.3 Å². The summed E-state index contributed by atoms with van der Waals surface area (Å²) in [5, 5.41) is 8.38. The smallest absolute Gasteiger partial charge is 0.0210 e. The highest BCUT2D eigenvalue weighted by atomic mass is 32.1. The molecule has 0 amide bonds. The van der Waals surface area contributed by atoms with E-state index in [4.69, 9.17) is 0 Å². The molecule has 1 N–H and O–H groups in total. The average molecular weight is 324 g/mol. The Morgan fingerprint density at radius 3 is 2.09 bits per heavy atom. The lowest BCUT2D eigenvalue weighted by molar-refractivity contribution is -0.0206. The lowest BCUT2D eigenvalue weighted by Crippen LogP contribution is -2.58. The van der Waals surface area contributed by atoms with Crippen LogP contribution in [-0.4, -0.2) is 5.54 Å². The summed E-state index contributed by atoms with van der Waals surface area (Å²) in [4.78, 5) is 0. The van der Waals surface area contributed by atoms with Crippen molar-refractivity contribution in [1.29, 1.82) is 0 Å². The zero-order valence-electron chi connectivity index (χ0n) is 13.6. The van der Waals surface area contributed by atoms with Gasteiger partial charge in [-0.3, -0.25) is 0 Å². The largest absolute Gasteiger partial charge is 0.307 e. The standard InChI is InChI=1S/C21H25NS/c1-3-19(20-5-6-23-14-20)4-2-15(1)13-22-21-10-16-7-17(11-21)9-18(8-16)12-21/h1-6,14,16-18,22H,7-13H2. The second-order valence-corrected chi connectivity index (χ2v) is 9.04. The average Bonchev–Trinajstić information content (AvgIpc) is 3.07. The van der Waals surface area contributed by atoms with Gasteiger partial charge in [-0.15, -0.1) is 0 Å². The van der Waals surface area contributed by atoms with E-state index < -0.39 is 0 Å². The third kappa shape index (κ3) is 2.66. The van der Waals surface area contributed by atoms with Crippen LogP contribution in [0.25, 0.3) is 11.1 Å². The topological polar surface area (TPSA) is 12.0 Å². The quantitative estimate of drug-likeness (QED) is 0.786. The molecule has 1 heterocycles. The SMILES string of the molecule is c1cc(-c2ccc(CNC34CC5CC(CC(C5)C3)C4)cc2)cs1. The first-order valence-electron chi connectivity index (χ1n) is 9.15. The molecule has 0 saturated heterocycles. The first-order valence-corrected chi connectivity index (χ1v) is 10.1. The van der Waals surface area contributed by atoms with E-state index in [1.165, 1.54) is 55.2 Å². The number of thiophene rings is 1. The predicted octanol–water partition coefficient (Wildman–Crippen LogP) is 5.47. The fourth-order valence-electron chi connectivity index (χ4n) is 5.86. The molecule has 1 aromatic carbocycles. The van der Waals surface area contributed by atoms with E-state index in [2.05, 4.69) is 46.4 Å². The van der Waals surface area contributed by atoms with Crippen LogP contribution in [0.5, 0.6) is 0 Å². The summed E-state index contributed by atoms with van der Waals surface area (Å²) < 4.78 is 0. The van der Waals surface area contributed by atoms with Crippen LogP contribution >= 0.6 is 11.3 Å². The Kier molecular flexibility index (Phi) is 3.38. The summed E-state index contributed by atoms with van der Waals surface area (Å²) in [6, 6.07) is 11.4. The van der Waals surface area contributed by atoms with Crippen LogP contribution in [0.2, 0.25) is 0 Å². The summed E-state index contributed by atoms with van der Waals surface area (Å²) in [6.45, 7) is 1.04. The van der Waals surface area contributed by atoms with E-state index in [1.807, 2.05) is 0 Å². The molecule has 1 nitrogen and oxygen atoms in total. The van der Waals surface area contributed by atoms with Crippen molar-refractivity contribution < 1.29 is 0 Å². The molecule has 4 aliphatic carbocycles. The Labute approximate surface area is 143 Å². The molecular weight excluding hydrogens is 298 g/mol. The highest BCUT2D eigenvalue weighted by molar-refractivity contribution is 7.08. The van der Waals surface area contributed by atoms with Crippen molar-refractivity contribution in [2.45, 2.75) is 50.6 Å². The zero-order chi connectivity index (χ0) is 15.3. The van der Waals surface area contributed by atoms with E-state index >= 15 is 0 Å². The molecule has 2 aromatic rings. The van der Waals surface area contributed by atoms with Gasteiger partial charge in [-0.1, -0.05) is 24.3 Å². The van der Waals surface area contributed by atoms with Crippen LogP contribution in [0, 0.1) is 17.8 Å². The summed E-state index contributed by atoms with van der Waals surface area (Å²) in [5.74, 6) is 3.07. The third-order valence-corrected chi connectivity index (χ3v) is 7.20. The molecular formula is C21H25NS. The van der Waals surface area contributed by atoms with E-state index in [0.29, 0.717) is 5.54 Å². The fourth-order valence-corrected chi connectivity index (χ4v) is 6.53. The molecule has 4 fully saturated rings. The third-order valence-electron chi connectivity index (χ3n) is 6.51. The fraction of sp³-hybridized carbons (Fsp3) is 0.524. The maximum absolute atomic E-state index is 4.00. The molecule has 1 aromatic heterocycles. The van der Waals surface area contributed by atoms with Crippen molar-refractivity contribution in [3.05, 3.63) is 46.7 Å². The molecule has 4 saturated carbocycles. The molecule has 0 spiro atoms. The predicted molar refractivity (Wildman–Crippen MR) is 97.5 cm³/mol. The van der Waals surface area contributed by atoms with Crippen molar-refractivity contribution in [3.8, 4) is 11.1 Å². The zero-order valence-corrected chi connectivity index (χ0v) is 14.4. The Hall–Kier alpha value is -1.12. The van der Waals surface area contributed by atoms with Gasteiger partial charge in [0.25, 0.3) is 0 Å². The minimum atomic E-state index is 0.473. The van der Waals surface area contributed by atoms with Gasteiger partial charge in [0, 0.05) is 12.1 Å². The second kappa shape index (κ2) is 5.46. The Bertz CT molecular complexity index is 635. The minimum Gasteiger partial charge on any atom is -0.307 e. The molecule has 4 aliphatic rings. The molecule has 120 valence electrons. The van der Waals surface area contributed by atoms with Crippen LogP contribution in [0.3, 0.4) is 0 Å². The van der Waals surface area contributed by atoms with Gasteiger partial charge in [0.1, 0.15) is 0 Å². The summed E-state index contributed by atoms with van der Waals surface area (Å²) in [7, 11) is 0. The van der Waals surface area contributed by atoms with Gasteiger partial charge >= 0.3 is 0 Å². The Morgan fingerprint density at radius 1 is 0.870 bits per heavy atom. The summed E-state index contributed by atoms with van der Waals surface area (Å²) in [6.07, 6.45) is 8.88. The van der Waals surface area contributed by atoms with Crippen LogP contribution in [0.15, 0.2) is 41.1 Å². The van der Waals surface area contributed by atoms with Crippen molar-refractivity contribution in [3.63, 3.8) is 0 Å². The van der Waals surface area contributed by atoms with Crippen molar-refractivity contribution >= 4 is 11.3 Å². The number of benzene rings is 1. The first-order chi connectivity index (χ1) is 11.3. The Balaban J connectivity index is 1.28. The van der Waals surface area contributed by atoms with Crippen molar-refractivity contribution in [1.82, 2.24) is 5.32 Å². The maximum atomic E-state index is 4.00. The monoisotopic (exact) mass is 323 g/mol. The number of nitrogens with one attached hydrogen (secondary N) is 1. The lowest BCUT2D eigenvalue weighted by Gasteiger charge is -2.57. The van der Waals surface area contributed by atoms with Crippen LogP contribution in [0.1, 0.15) is 44.1 Å². The van der Waals surface area contributed by atoms with Gasteiger partial charge in [0.05, 0.1) is 0 Å². The highest BCUT2D eigenvalue weighted by Crippen LogP contribution is 2.55. The molecule has 4 bridgehead atoms. The molecule has 0 atom stereocenters. The van der Waals surface area contributed by atoms with Gasteiger partial charge in [0.15, 0.2) is 0 Å². The normalized spacial score (nSPS) is 34.9. The minimum absolute atomic E-state index is 0.473. The molecule has 2 heteroatoms. The Morgan fingerprint density at radius 2 is 1.52 bits per heavy atom. The molecule has 0 unspecified atom stereocenters. The van der Waals surface area contributed by atoms with Gasteiger partial charge < -0.3 is 5.32 Å². The van der Waals surface area contributed by atoms with Crippen molar-refractivity contribution in [2.24, 2.45) is 17.8 Å². The lowest BCUT2D eigenvalue weighted by atomic mass is 9.53. The van der Waals surface area contributed by atoms with Gasteiger partial charge in [-0.2, -0.15) is 11.3 Å². The molecule has 23 heavy (non-hydrogen) atoms. The summed E-state index contributed by atoms with van der Waals surface area (Å²) >= 11 is 1.77. The van der Waals surface area contributed by atoms with E-state index in [-0.39, 0.29) is 0 Å². The van der Waals surface area contributed by atoms with Crippen LogP contribution < -0.4 is 5.32 Å². The number of hydrogen-bond donors (Lipinski definition) is 1. The molecule has 6 rings (SSSR count). The second-order valence-electron chi connectivity index (χ2n) is 8.26. The molecule has 0 radical (unpaired) electrons. The number of hydrogen-bond acceptors (Lipinski definition) is 2. The maximum Gasteiger partial charge on any atom is 0.0210 e. The van der Waals surface area contributed by atoms with E-state index in [9.17, 15) is 0 Å². The van der Waals surface area contributed by atoms with Gasteiger partial charge in [0.2, 0.25) is 0 Å². The first kappa shape index (κ1) is 14.2. The summed E-state index contributed by atoms with van der Waals surface area (Å²) in [5.41, 5.74) is 4.58. The molecule has 0 aliphatic heterocycles. The number of rotatable bonds is 4. The van der Waals surface area contributed by atoms with E-state index in [0.717, 1.165) is 24.3 Å².